The van der Waals surface area contributed by atoms with Crippen LogP contribution in [0.15, 0.2) is 36.5 Å². The molecule has 0 saturated heterocycles. The van der Waals surface area contributed by atoms with E-state index in [0.717, 1.165) is 11.3 Å². The summed E-state index contributed by atoms with van der Waals surface area (Å²) in [6, 6.07) is 8.66. The van der Waals surface area contributed by atoms with Gasteiger partial charge in [0.2, 0.25) is 5.95 Å². The third-order valence-electron chi connectivity index (χ3n) is 2.71. The normalized spacial score (nSPS) is 14.6. The van der Waals surface area contributed by atoms with Crippen LogP contribution in [0.25, 0.3) is 11.3 Å². The van der Waals surface area contributed by atoms with Gasteiger partial charge in [0, 0.05) is 17.8 Å². The average molecular weight is 229 g/mol. The van der Waals surface area contributed by atoms with Crippen LogP contribution < -0.4 is 5.32 Å². The largest absolute Gasteiger partial charge is 0.351 e. The minimum absolute atomic E-state index is 0.237. The van der Waals surface area contributed by atoms with Gasteiger partial charge in [0.25, 0.3) is 0 Å². The highest BCUT2D eigenvalue weighted by atomic mass is 19.1. The van der Waals surface area contributed by atoms with E-state index in [1.807, 2.05) is 6.07 Å². The summed E-state index contributed by atoms with van der Waals surface area (Å²) in [6.07, 6.45) is 4.09. The van der Waals surface area contributed by atoms with Crippen LogP contribution in [0.4, 0.5) is 10.3 Å². The predicted molar refractivity (Wildman–Crippen MR) is 64.1 cm³/mol. The predicted octanol–water partition coefficient (Wildman–Crippen LogP) is 2.86. The SMILES string of the molecule is Fc1ccc(-c2ccnc(NC3CC3)n2)cc1. The van der Waals surface area contributed by atoms with Gasteiger partial charge in [0.1, 0.15) is 5.82 Å². The molecular formula is C13H12FN3. The fourth-order valence-corrected chi connectivity index (χ4v) is 1.62. The van der Waals surface area contributed by atoms with E-state index in [1.165, 1.54) is 25.0 Å². The van der Waals surface area contributed by atoms with Crippen molar-refractivity contribution >= 4 is 5.95 Å². The van der Waals surface area contributed by atoms with Crippen LogP contribution in [0.2, 0.25) is 0 Å². The Morgan fingerprint density at radius 2 is 1.88 bits per heavy atom. The molecule has 1 N–H and O–H groups in total. The number of nitrogens with one attached hydrogen (secondary N) is 1. The molecule has 1 aliphatic rings. The van der Waals surface area contributed by atoms with Crippen LogP contribution in [0.1, 0.15) is 12.8 Å². The molecule has 17 heavy (non-hydrogen) atoms. The fourth-order valence-electron chi connectivity index (χ4n) is 1.62. The van der Waals surface area contributed by atoms with E-state index in [-0.39, 0.29) is 5.82 Å². The van der Waals surface area contributed by atoms with E-state index in [9.17, 15) is 4.39 Å². The molecule has 0 amide bonds. The Morgan fingerprint density at radius 3 is 2.59 bits per heavy atom. The number of rotatable bonds is 3. The first-order valence-corrected chi connectivity index (χ1v) is 5.67. The van der Waals surface area contributed by atoms with Gasteiger partial charge >= 0.3 is 0 Å². The summed E-state index contributed by atoms with van der Waals surface area (Å²) in [6.45, 7) is 0. The highest BCUT2D eigenvalue weighted by Crippen LogP contribution is 2.24. The zero-order valence-electron chi connectivity index (χ0n) is 9.23. The first-order chi connectivity index (χ1) is 8.31. The Hall–Kier alpha value is -1.97. The minimum Gasteiger partial charge on any atom is -0.351 e. The second-order valence-corrected chi connectivity index (χ2v) is 4.19. The maximum atomic E-state index is 12.8. The van der Waals surface area contributed by atoms with Crippen molar-refractivity contribution < 1.29 is 4.39 Å². The van der Waals surface area contributed by atoms with E-state index in [4.69, 9.17) is 0 Å². The Labute approximate surface area is 98.7 Å². The van der Waals surface area contributed by atoms with Crippen molar-refractivity contribution in [3.63, 3.8) is 0 Å². The van der Waals surface area contributed by atoms with Crippen LogP contribution >= 0.6 is 0 Å². The summed E-state index contributed by atoms with van der Waals surface area (Å²) in [4.78, 5) is 8.57. The summed E-state index contributed by atoms with van der Waals surface area (Å²) < 4.78 is 12.8. The number of hydrogen-bond acceptors (Lipinski definition) is 3. The summed E-state index contributed by atoms with van der Waals surface area (Å²) in [5.41, 5.74) is 1.70. The van der Waals surface area contributed by atoms with E-state index >= 15 is 0 Å². The third kappa shape index (κ3) is 2.41. The lowest BCUT2D eigenvalue weighted by molar-refractivity contribution is 0.628. The second kappa shape index (κ2) is 4.13. The van der Waals surface area contributed by atoms with E-state index in [1.54, 1.807) is 18.3 Å². The van der Waals surface area contributed by atoms with Crippen LogP contribution in [0.5, 0.6) is 0 Å². The molecule has 0 spiro atoms. The molecule has 1 saturated carbocycles. The molecular weight excluding hydrogens is 217 g/mol. The molecule has 3 nitrogen and oxygen atoms in total. The molecule has 0 atom stereocenters. The summed E-state index contributed by atoms with van der Waals surface area (Å²) >= 11 is 0. The zero-order chi connectivity index (χ0) is 11.7. The molecule has 2 aromatic rings. The summed E-state index contributed by atoms with van der Waals surface area (Å²) in [5.74, 6) is 0.411. The first kappa shape index (κ1) is 10.2. The lowest BCUT2D eigenvalue weighted by Gasteiger charge is -2.05. The summed E-state index contributed by atoms with van der Waals surface area (Å²) in [7, 11) is 0. The molecule has 0 aliphatic heterocycles. The van der Waals surface area contributed by atoms with Gasteiger partial charge in [-0.2, -0.15) is 0 Å². The van der Waals surface area contributed by atoms with E-state index in [2.05, 4.69) is 15.3 Å². The van der Waals surface area contributed by atoms with Gasteiger partial charge in [-0.1, -0.05) is 0 Å². The molecule has 0 bridgehead atoms. The molecule has 1 heterocycles. The number of halogens is 1. The molecule has 0 radical (unpaired) electrons. The van der Waals surface area contributed by atoms with Gasteiger partial charge in [-0.15, -0.1) is 0 Å². The molecule has 0 unspecified atom stereocenters. The first-order valence-electron chi connectivity index (χ1n) is 5.67. The van der Waals surface area contributed by atoms with Crippen molar-refractivity contribution in [1.29, 1.82) is 0 Å². The van der Waals surface area contributed by atoms with Gasteiger partial charge in [0.05, 0.1) is 5.69 Å². The van der Waals surface area contributed by atoms with Crippen LogP contribution in [-0.4, -0.2) is 16.0 Å². The fraction of sp³-hybridized carbons (Fsp3) is 0.231. The van der Waals surface area contributed by atoms with Gasteiger partial charge < -0.3 is 5.32 Å². The lowest BCUT2D eigenvalue weighted by Crippen LogP contribution is -2.05. The average Bonchev–Trinajstić information content (AvgIpc) is 3.14. The van der Waals surface area contributed by atoms with Crippen molar-refractivity contribution in [2.45, 2.75) is 18.9 Å². The van der Waals surface area contributed by atoms with Gasteiger partial charge in [-0.3, -0.25) is 0 Å². The number of benzene rings is 1. The van der Waals surface area contributed by atoms with Crippen molar-refractivity contribution in [1.82, 2.24) is 9.97 Å². The molecule has 1 aliphatic carbocycles. The molecule has 3 rings (SSSR count). The second-order valence-electron chi connectivity index (χ2n) is 4.19. The molecule has 1 aromatic heterocycles. The molecule has 1 aromatic carbocycles. The van der Waals surface area contributed by atoms with Gasteiger partial charge in [0.15, 0.2) is 0 Å². The maximum Gasteiger partial charge on any atom is 0.223 e. The van der Waals surface area contributed by atoms with Crippen LogP contribution in [-0.2, 0) is 0 Å². The highest BCUT2D eigenvalue weighted by Gasteiger charge is 2.21. The molecule has 1 fully saturated rings. The van der Waals surface area contributed by atoms with Crippen molar-refractivity contribution in [2.24, 2.45) is 0 Å². The van der Waals surface area contributed by atoms with Crippen LogP contribution in [0, 0.1) is 5.82 Å². The number of hydrogen-bond donors (Lipinski definition) is 1. The maximum absolute atomic E-state index is 12.8. The van der Waals surface area contributed by atoms with Gasteiger partial charge in [-0.05, 0) is 43.2 Å². The Kier molecular flexibility index (Phi) is 2.48. The Morgan fingerprint density at radius 1 is 1.12 bits per heavy atom. The highest BCUT2D eigenvalue weighted by molar-refractivity contribution is 5.59. The Bertz CT molecular complexity index is 520. The molecule has 86 valence electrons. The number of anilines is 1. The van der Waals surface area contributed by atoms with Crippen LogP contribution in [0.3, 0.4) is 0 Å². The molecule has 4 heteroatoms. The zero-order valence-corrected chi connectivity index (χ0v) is 9.23. The number of aromatic nitrogens is 2. The number of nitrogens with zero attached hydrogens (tertiary/aromatic N) is 2. The lowest BCUT2D eigenvalue weighted by atomic mass is 10.1. The van der Waals surface area contributed by atoms with Crippen molar-refractivity contribution in [2.75, 3.05) is 5.32 Å². The van der Waals surface area contributed by atoms with Crippen molar-refractivity contribution in [3.8, 4) is 11.3 Å². The summed E-state index contributed by atoms with van der Waals surface area (Å²) in [5, 5.41) is 3.24. The quantitative estimate of drug-likeness (QED) is 0.879. The monoisotopic (exact) mass is 229 g/mol. The van der Waals surface area contributed by atoms with Gasteiger partial charge in [-0.25, -0.2) is 14.4 Å². The van der Waals surface area contributed by atoms with Crippen molar-refractivity contribution in [3.05, 3.63) is 42.3 Å². The van der Waals surface area contributed by atoms with E-state index in [0.29, 0.717) is 12.0 Å². The third-order valence-corrected chi connectivity index (χ3v) is 2.71. The smallest absolute Gasteiger partial charge is 0.223 e. The Balaban J connectivity index is 1.88. The van der Waals surface area contributed by atoms with E-state index < -0.39 is 0 Å². The standard InChI is InChI=1S/C13H12FN3/c14-10-3-1-9(2-4-10)12-7-8-15-13(17-12)16-11-5-6-11/h1-4,7-8,11H,5-6H2,(H,15,16,17). The minimum atomic E-state index is -0.237. The topological polar surface area (TPSA) is 37.8 Å².